The van der Waals surface area contributed by atoms with Crippen molar-refractivity contribution in [3.8, 4) is 0 Å². The van der Waals surface area contributed by atoms with Crippen molar-refractivity contribution < 1.29 is 9.53 Å². The number of piperidine rings is 1. The van der Waals surface area contributed by atoms with Crippen LogP contribution < -0.4 is 11.1 Å². The molecule has 0 spiro atoms. The molecule has 0 bridgehead atoms. The van der Waals surface area contributed by atoms with E-state index in [1.54, 1.807) is 0 Å². The lowest BCUT2D eigenvalue weighted by Crippen LogP contribution is -2.48. The number of nitrogens with zero attached hydrogens (tertiary/aromatic N) is 1. The second-order valence-electron chi connectivity index (χ2n) is 8.06. The molecular formula is C21H35Cl2N3O2. The Morgan fingerprint density at radius 1 is 1.21 bits per heavy atom. The highest BCUT2D eigenvalue weighted by atomic mass is 35.5. The molecule has 2 heterocycles. The maximum absolute atomic E-state index is 12.7. The van der Waals surface area contributed by atoms with Crippen molar-refractivity contribution in [3.63, 3.8) is 0 Å². The summed E-state index contributed by atoms with van der Waals surface area (Å²) >= 11 is 0. The van der Waals surface area contributed by atoms with Crippen LogP contribution in [0.1, 0.15) is 43.7 Å². The van der Waals surface area contributed by atoms with Crippen molar-refractivity contribution in [3.05, 3.63) is 35.4 Å². The molecule has 2 aliphatic heterocycles. The lowest BCUT2D eigenvalue weighted by molar-refractivity contribution is -0.136. The number of benzene rings is 1. The van der Waals surface area contributed by atoms with E-state index in [0.29, 0.717) is 39.1 Å². The Morgan fingerprint density at radius 3 is 2.50 bits per heavy atom. The summed E-state index contributed by atoms with van der Waals surface area (Å²) in [5.74, 6) is 0.923. The normalized spacial score (nSPS) is 19.9. The van der Waals surface area contributed by atoms with Gasteiger partial charge < -0.3 is 15.8 Å². The third-order valence-electron chi connectivity index (χ3n) is 6.05. The van der Waals surface area contributed by atoms with Gasteiger partial charge >= 0.3 is 0 Å². The zero-order valence-electron chi connectivity index (χ0n) is 16.8. The van der Waals surface area contributed by atoms with Gasteiger partial charge in [-0.05, 0) is 55.8 Å². The van der Waals surface area contributed by atoms with E-state index in [-0.39, 0.29) is 30.7 Å². The number of nitrogens with one attached hydrogen (secondary N) is 1. The fourth-order valence-corrected chi connectivity index (χ4v) is 3.97. The smallest absolute Gasteiger partial charge is 0.227 e. The molecule has 0 aliphatic carbocycles. The highest BCUT2D eigenvalue weighted by Gasteiger charge is 2.38. The Kier molecular flexibility index (Phi) is 10.8. The molecule has 2 saturated heterocycles. The molecule has 5 nitrogen and oxygen atoms in total. The van der Waals surface area contributed by atoms with Crippen LogP contribution in [0.25, 0.3) is 0 Å². The Bertz CT molecular complexity index is 601. The van der Waals surface area contributed by atoms with Crippen LogP contribution in [0, 0.1) is 11.3 Å². The first-order valence-corrected chi connectivity index (χ1v) is 9.97. The maximum atomic E-state index is 12.7. The summed E-state index contributed by atoms with van der Waals surface area (Å²) in [6, 6.07) is 8.58. The fourth-order valence-electron chi connectivity index (χ4n) is 3.97. The molecule has 0 atom stereocenters. The number of nitrogens with two attached hydrogens (primary N) is 1. The van der Waals surface area contributed by atoms with Crippen molar-refractivity contribution >= 4 is 30.7 Å². The van der Waals surface area contributed by atoms with Crippen LogP contribution in [0.3, 0.4) is 0 Å². The quantitative estimate of drug-likeness (QED) is 0.725. The summed E-state index contributed by atoms with van der Waals surface area (Å²) in [5, 5.41) is 3.11. The van der Waals surface area contributed by atoms with E-state index in [4.69, 9.17) is 10.5 Å². The molecule has 28 heavy (non-hydrogen) atoms. The van der Waals surface area contributed by atoms with Gasteiger partial charge in [-0.15, -0.1) is 24.8 Å². The lowest BCUT2D eigenvalue weighted by Gasteiger charge is -2.34. The Hall–Kier alpha value is -0.850. The van der Waals surface area contributed by atoms with Gasteiger partial charge in [0.05, 0.1) is 5.41 Å². The molecular weight excluding hydrogens is 397 g/mol. The zero-order chi connectivity index (χ0) is 18.4. The van der Waals surface area contributed by atoms with Gasteiger partial charge in [-0.1, -0.05) is 31.2 Å². The summed E-state index contributed by atoms with van der Waals surface area (Å²) in [6.07, 6.45) is 4.01. The van der Waals surface area contributed by atoms with Crippen LogP contribution in [0.2, 0.25) is 0 Å². The van der Waals surface area contributed by atoms with Crippen LogP contribution in [0.5, 0.6) is 0 Å². The summed E-state index contributed by atoms with van der Waals surface area (Å²) in [5.41, 5.74) is 7.94. The largest absolute Gasteiger partial charge is 0.381 e. The first kappa shape index (κ1) is 25.2. The molecule has 0 radical (unpaired) electrons. The summed E-state index contributed by atoms with van der Waals surface area (Å²) < 4.78 is 5.39. The van der Waals surface area contributed by atoms with Gasteiger partial charge in [-0.3, -0.25) is 9.69 Å². The molecule has 1 aromatic rings. The fraction of sp³-hybridized carbons (Fsp3) is 0.667. The minimum atomic E-state index is -0.458. The third kappa shape index (κ3) is 6.60. The molecule has 2 aliphatic rings. The predicted molar refractivity (Wildman–Crippen MR) is 118 cm³/mol. The van der Waals surface area contributed by atoms with E-state index in [1.807, 2.05) is 0 Å². The van der Waals surface area contributed by atoms with Gasteiger partial charge in [0.15, 0.2) is 0 Å². The molecule has 1 aromatic carbocycles. The summed E-state index contributed by atoms with van der Waals surface area (Å²) in [6.45, 7) is 7.89. The molecule has 7 heteroatoms. The highest BCUT2D eigenvalue weighted by molar-refractivity contribution is 5.85. The summed E-state index contributed by atoms with van der Waals surface area (Å²) in [4.78, 5) is 15.2. The van der Waals surface area contributed by atoms with Crippen molar-refractivity contribution in [2.45, 2.75) is 45.7 Å². The summed E-state index contributed by atoms with van der Waals surface area (Å²) in [7, 11) is 0. The Labute approximate surface area is 181 Å². The topological polar surface area (TPSA) is 67.6 Å². The number of hydrogen-bond donors (Lipinski definition) is 2. The second-order valence-corrected chi connectivity index (χ2v) is 8.06. The number of halogens is 2. The zero-order valence-corrected chi connectivity index (χ0v) is 18.5. The second kappa shape index (κ2) is 12.0. The predicted octanol–water partition coefficient (Wildman–Crippen LogP) is 3.13. The minimum Gasteiger partial charge on any atom is -0.381 e. The standard InChI is InChI=1S/C21H33N3O2.2ClH/c1-17-5-9-24(10-6-17)15-19-4-2-3-18(13-19)14-23-20(25)21(16-22)7-11-26-12-8-21;;/h2-4,13,17H,5-12,14-16,22H2,1H3,(H,23,25);2*1H. The molecule has 3 N–H and O–H groups in total. The van der Waals surface area contributed by atoms with Crippen LogP contribution in [0.15, 0.2) is 24.3 Å². The Balaban J connectivity index is 0.00000196. The van der Waals surface area contributed by atoms with E-state index < -0.39 is 5.41 Å². The van der Waals surface area contributed by atoms with Crippen molar-refractivity contribution in [1.82, 2.24) is 10.2 Å². The number of likely N-dealkylation sites (tertiary alicyclic amines) is 1. The number of rotatable bonds is 6. The van der Waals surface area contributed by atoms with Crippen LogP contribution in [-0.2, 0) is 22.6 Å². The van der Waals surface area contributed by atoms with Crippen molar-refractivity contribution in [2.75, 3.05) is 32.8 Å². The van der Waals surface area contributed by atoms with Gasteiger partial charge in [-0.2, -0.15) is 0 Å². The maximum Gasteiger partial charge on any atom is 0.227 e. The van der Waals surface area contributed by atoms with Crippen molar-refractivity contribution in [2.24, 2.45) is 17.1 Å². The minimum absolute atomic E-state index is 0. The lowest BCUT2D eigenvalue weighted by atomic mass is 9.79. The number of ether oxygens (including phenoxy) is 1. The third-order valence-corrected chi connectivity index (χ3v) is 6.05. The first-order chi connectivity index (χ1) is 12.6. The number of hydrogen-bond acceptors (Lipinski definition) is 4. The van der Waals surface area contributed by atoms with E-state index in [0.717, 1.165) is 18.0 Å². The molecule has 2 fully saturated rings. The number of amides is 1. The molecule has 0 saturated carbocycles. The Morgan fingerprint density at radius 2 is 1.86 bits per heavy atom. The van der Waals surface area contributed by atoms with Crippen LogP contribution in [0.4, 0.5) is 0 Å². The molecule has 1 amide bonds. The number of carbonyl (C=O) groups excluding carboxylic acids is 1. The SMILES string of the molecule is CC1CCN(Cc2cccc(CNC(=O)C3(CN)CCOCC3)c2)CC1.Cl.Cl. The molecule has 0 aromatic heterocycles. The monoisotopic (exact) mass is 431 g/mol. The van der Waals surface area contributed by atoms with Gasteiger partial charge in [0.1, 0.15) is 0 Å². The average Bonchev–Trinajstić information content (AvgIpc) is 2.69. The van der Waals surface area contributed by atoms with Gasteiger partial charge in [0.2, 0.25) is 5.91 Å². The number of carbonyl (C=O) groups is 1. The first-order valence-electron chi connectivity index (χ1n) is 9.97. The molecule has 0 unspecified atom stereocenters. The van der Waals surface area contributed by atoms with Gasteiger partial charge in [0, 0.05) is 32.8 Å². The van der Waals surface area contributed by atoms with E-state index in [2.05, 4.69) is 41.4 Å². The van der Waals surface area contributed by atoms with E-state index in [1.165, 1.54) is 31.5 Å². The van der Waals surface area contributed by atoms with E-state index in [9.17, 15) is 4.79 Å². The van der Waals surface area contributed by atoms with Crippen molar-refractivity contribution in [1.29, 1.82) is 0 Å². The highest BCUT2D eigenvalue weighted by Crippen LogP contribution is 2.29. The molecule has 3 rings (SSSR count). The average molecular weight is 432 g/mol. The van der Waals surface area contributed by atoms with E-state index >= 15 is 0 Å². The molecule has 160 valence electrons. The van der Waals surface area contributed by atoms with Crippen LogP contribution in [-0.4, -0.2) is 43.7 Å². The van der Waals surface area contributed by atoms with Gasteiger partial charge in [0.25, 0.3) is 0 Å². The van der Waals surface area contributed by atoms with Crippen LogP contribution >= 0.6 is 24.8 Å². The van der Waals surface area contributed by atoms with Gasteiger partial charge in [-0.25, -0.2) is 0 Å².